The van der Waals surface area contributed by atoms with Gasteiger partial charge in [0, 0.05) is 19.6 Å². The van der Waals surface area contributed by atoms with Gasteiger partial charge in [0.05, 0.1) is 18.6 Å². The van der Waals surface area contributed by atoms with Crippen LogP contribution in [0.1, 0.15) is 17.5 Å². The van der Waals surface area contributed by atoms with Crippen LogP contribution < -0.4 is 15.4 Å². The van der Waals surface area contributed by atoms with Gasteiger partial charge in [-0.05, 0) is 30.5 Å². The first kappa shape index (κ1) is 16.6. The molecule has 0 amide bonds. The van der Waals surface area contributed by atoms with Crippen LogP contribution in [0.4, 0.5) is 0 Å². The van der Waals surface area contributed by atoms with Crippen LogP contribution in [-0.2, 0) is 16.4 Å². The molecule has 0 radical (unpaired) electrons. The molecule has 1 aromatic carbocycles. The molecule has 1 heterocycles. The molecule has 1 aliphatic rings. The number of nitrogens with zero attached hydrogens (tertiary/aromatic N) is 1. The number of aryl methyl sites for hydroxylation is 1. The zero-order chi connectivity index (χ0) is 16.2. The number of ether oxygens (including phenoxy) is 1. The van der Waals surface area contributed by atoms with Crippen molar-refractivity contribution in [2.75, 3.05) is 25.7 Å². The van der Waals surface area contributed by atoms with Gasteiger partial charge in [0.1, 0.15) is 5.75 Å². The lowest BCUT2D eigenvalue weighted by atomic mass is 10.1. The van der Waals surface area contributed by atoms with Gasteiger partial charge >= 0.3 is 0 Å². The van der Waals surface area contributed by atoms with E-state index in [4.69, 9.17) is 4.74 Å². The molecule has 1 saturated heterocycles. The monoisotopic (exact) mass is 325 g/mol. The third-order valence-corrected chi connectivity index (χ3v) is 5.48. The Balaban J connectivity index is 1.90. The van der Waals surface area contributed by atoms with Crippen molar-refractivity contribution in [1.29, 1.82) is 0 Å². The lowest BCUT2D eigenvalue weighted by molar-refractivity contribution is 0.411. The van der Waals surface area contributed by atoms with Gasteiger partial charge in [-0.3, -0.25) is 4.99 Å². The topological polar surface area (TPSA) is 79.8 Å². The summed E-state index contributed by atoms with van der Waals surface area (Å²) in [6.07, 6.45) is 0.630. The summed E-state index contributed by atoms with van der Waals surface area (Å²) in [6, 6.07) is 5.92. The molecule has 0 bridgehead atoms. The van der Waals surface area contributed by atoms with Crippen LogP contribution in [0.15, 0.2) is 23.2 Å². The number of methoxy groups -OCH3 is 1. The molecule has 0 saturated carbocycles. The molecular weight excluding hydrogens is 302 g/mol. The number of guanidine groups is 1. The van der Waals surface area contributed by atoms with Gasteiger partial charge in [0.2, 0.25) is 0 Å². The maximum atomic E-state index is 11.5. The number of hydrogen-bond acceptors (Lipinski definition) is 4. The minimum absolute atomic E-state index is 0.0613. The van der Waals surface area contributed by atoms with E-state index < -0.39 is 9.84 Å². The second-order valence-corrected chi connectivity index (χ2v) is 7.70. The first-order valence-electron chi connectivity index (χ1n) is 7.24. The van der Waals surface area contributed by atoms with Gasteiger partial charge in [0.15, 0.2) is 15.8 Å². The molecule has 0 spiro atoms. The molecule has 1 atom stereocenters. The van der Waals surface area contributed by atoms with Crippen molar-refractivity contribution < 1.29 is 13.2 Å². The molecule has 2 N–H and O–H groups in total. The Bertz CT molecular complexity index is 656. The molecule has 1 aromatic rings. The Labute approximate surface area is 131 Å². The Hall–Kier alpha value is -1.76. The van der Waals surface area contributed by atoms with Gasteiger partial charge in [0.25, 0.3) is 0 Å². The number of aliphatic imine (C=N–C) groups is 1. The SMILES string of the molecule is CN=C(NCc1ccc(OC)c(C)c1)NC1CCS(=O)(=O)C1. The van der Waals surface area contributed by atoms with Gasteiger partial charge < -0.3 is 15.4 Å². The zero-order valence-corrected chi connectivity index (χ0v) is 14.0. The molecule has 2 rings (SSSR count). The van der Waals surface area contributed by atoms with Gasteiger partial charge in [-0.25, -0.2) is 8.42 Å². The minimum Gasteiger partial charge on any atom is -0.496 e. The van der Waals surface area contributed by atoms with Gasteiger partial charge in [-0.15, -0.1) is 0 Å². The first-order valence-corrected chi connectivity index (χ1v) is 9.07. The average molecular weight is 325 g/mol. The summed E-state index contributed by atoms with van der Waals surface area (Å²) in [5, 5.41) is 6.37. The molecule has 1 aliphatic heterocycles. The van der Waals surface area contributed by atoms with E-state index in [-0.39, 0.29) is 17.5 Å². The number of nitrogens with one attached hydrogen (secondary N) is 2. The Morgan fingerprint density at radius 3 is 2.77 bits per heavy atom. The van der Waals surface area contributed by atoms with Crippen LogP contribution in [0.25, 0.3) is 0 Å². The van der Waals surface area contributed by atoms with Crippen LogP contribution in [0.3, 0.4) is 0 Å². The molecule has 22 heavy (non-hydrogen) atoms. The van der Waals surface area contributed by atoms with Crippen LogP contribution in [0.2, 0.25) is 0 Å². The lowest BCUT2D eigenvalue weighted by Crippen LogP contribution is -2.43. The summed E-state index contributed by atoms with van der Waals surface area (Å²) < 4.78 is 28.2. The van der Waals surface area contributed by atoms with E-state index in [0.29, 0.717) is 18.9 Å². The molecule has 0 aromatic heterocycles. The van der Waals surface area contributed by atoms with E-state index in [1.807, 2.05) is 19.1 Å². The fourth-order valence-corrected chi connectivity index (χ4v) is 4.21. The summed E-state index contributed by atoms with van der Waals surface area (Å²) in [5.74, 6) is 1.91. The molecule has 1 unspecified atom stereocenters. The van der Waals surface area contributed by atoms with Crippen LogP contribution in [0, 0.1) is 6.92 Å². The predicted molar refractivity (Wildman–Crippen MR) is 88.1 cm³/mol. The molecule has 122 valence electrons. The van der Waals surface area contributed by atoms with Crippen molar-refractivity contribution in [2.45, 2.75) is 25.9 Å². The number of benzene rings is 1. The normalized spacial score (nSPS) is 20.7. The molecule has 1 fully saturated rings. The summed E-state index contributed by atoms with van der Waals surface area (Å²) >= 11 is 0. The summed E-state index contributed by atoms with van der Waals surface area (Å²) in [7, 11) is 0.444. The quantitative estimate of drug-likeness (QED) is 0.634. The highest BCUT2D eigenvalue weighted by Gasteiger charge is 2.28. The maximum absolute atomic E-state index is 11.5. The van der Waals surface area contributed by atoms with Crippen LogP contribution in [0.5, 0.6) is 5.75 Å². The van der Waals surface area contributed by atoms with Crippen molar-refractivity contribution in [3.63, 3.8) is 0 Å². The van der Waals surface area contributed by atoms with E-state index in [1.54, 1.807) is 14.2 Å². The van der Waals surface area contributed by atoms with Crippen molar-refractivity contribution in [1.82, 2.24) is 10.6 Å². The second kappa shape index (κ2) is 7.00. The largest absolute Gasteiger partial charge is 0.496 e. The van der Waals surface area contributed by atoms with Gasteiger partial charge in [-0.1, -0.05) is 12.1 Å². The van der Waals surface area contributed by atoms with Crippen molar-refractivity contribution in [3.8, 4) is 5.75 Å². The van der Waals surface area contributed by atoms with Crippen LogP contribution in [-0.4, -0.2) is 46.1 Å². The fourth-order valence-electron chi connectivity index (χ4n) is 2.53. The number of rotatable bonds is 4. The van der Waals surface area contributed by atoms with E-state index >= 15 is 0 Å². The maximum Gasteiger partial charge on any atom is 0.191 e. The molecule has 6 nitrogen and oxygen atoms in total. The third-order valence-electron chi connectivity index (χ3n) is 3.72. The average Bonchev–Trinajstić information content (AvgIpc) is 2.82. The summed E-state index contributed by atoms with van der Waals surface area (Å²) in [6.45, 7) is 2.61. The highest BCUT2D eigenvalue weighted by molar-refractivity contribution is 7.91. The highest BCUT2D eigenvalue weighted by Crippen LogP contribution is 2.18. The van der Waals surface area contributed by atoms with Crippen molar-refractivity contribution >= 4 is 15.8 Å². The van der Waals surface area contributed by atoms with Crippen molar-refractivity contribution in [3.05, 3.63) is 29.3 Å². The third kappa shape index (κ3) is 4.37. The van der Waals surface area contributed by atoms with E-state index in [0.717, 1.165) is 16.9 Å². The van der Waals surface area contributed by atoms with Crippen molar-refractivity contribution in [2.24, 2.45) is 4.99 Å². The van der Waals surface area contributed by atoms with Gasteiger partial charge in [-0.2, -0.15) is 0 Å². The standard InChI is InChI=1S/C15H23N3O3S/c1-11-8-12(4-5-14(11)21-3)9-17-15(16-2)18-13-6-7-22(19,20)10-13/h4-5,8,13H,6-7,9-10H2,1-3H3,(H2,16,17,18). The Morgan fingerprint density at radius 1 is 1.45 bits per heavy atom. The minimum atomic E-state index is -2.89. The Morgan fingerprint density at radius 2 is 2.23 bits per heavy atom. The first-order chi connectivity index (χ1) is 10.4. The Kier molecular flexibility index (Phi) is 5.28. The smallest absolute Gasteiger partial charge is 0.191 e. The fraction of sp³-hybridized carbons (Fsp3) is 0.533. The van der Waals surface area contributed by atoms with E-state index in [1.165, 1.54) is 0 Å². The van der Waals surface area contributed by atoms with Crippen LogP contribution >= 0.6 is 0 Å². The number of hydrogen-bond donors (Lipinski definition) is 2. The lowest BCUT2D eigenvalue weighted by Gasteiger charge is -2.16. The molecule has 7 heteroatoms. The summed E-state index contributed by atoms with van der Waals surface area (Å²) in [5.41, 5.74) is 2.19. The molecule has 0 aliphatic carbocycles. The highest BCUT2D eigenvalue weighted by atomic mass is 32.2. The van der Waals surface area contributed by atoms with E-state index in [9.17, 15) is 8.42 Å². The predicted octanol–water partition coefficient (Wildman–Crippen LogP) is 0.856. The van der Waals surface area contributed by atoms with E-state index in [2.05, 4.69) is 21.7 Å². The summed E-state index contributed by atoms with van der Waals surface area (Å²) in [4.78, 5) is 4.15. The zero-order valence-electron chi connectivity index (χ0n) is 13.2. The second-order valence-electron chi connectivity index (χ2n) is 5.47. The molecular formula is C15H23N3O3S. The number of sulfone groups is 1.